The second-order valence-corrected chi connectivity index (χ2v) is 7.96. The van der Waals surface area contributed by atoms with Crippen LogP contribution in [0.5, 0.6) is 0 Å². The zero-order valence-electron chi connectivity index (χ0n) is 18.4. The highest BCUT2D eigenvalue weighted by Gasteiger charge is 2.19. The minimum Gasteiger partial charge on any atom is -0.374 e. The standard InChI is InChI=1S/C25H36N4O/c1-21(23-12-7-4-8-13-23)30-19-9-16-27-25(26-2)28-24-14-17-29(18-15-24)20-22-10-5-3-6-11-22/h3-8,10-13,21,24H,9,14-20H2,1-2H3,(H2,26,27,28). The van der Waals surface area contributed by atoms with E-state index in [9.17, 15) is 0 Å². The van der Waals surface area contributed by atoms with Gasteiger partial charge in [0.15, 0.2) is 5.96 Å². The van der Waals surface area contributed by atoms with Crippen molar-refractivity contribution in [2.45, 2.75) is 44.9 Å². The molecule has 1 aliphatic rings. The van der Waals surface area contributed by atoms with Gasteiger partial charge in [-0.1, -0.05) is 60.7 Å². The topological polar surface area (TPSA) is 48.9 Å². The van der Waals surface area contributed by atoms with E-state index in [1.54, 1.807) is 0 Å². The number of likely N-dealkylation sites (tertiary alicyclic amines) is 1. The van der Waals surface area contributed by atoms with Gasteiger partial charge in [-0.2, -0.15) is 0 Å². The predicted octanol–water partition coefficient (Wildman–Crippen LogP) is 3.98. The number of piperidine rings is 1. The Morgan fingerprint density at radius 2 is 1.73 bits per heavy atom. The summed E-state index contributed by atoms with van der Waals surface area (Å²) >= 11 is 0. The van der Waals surface area contributed by atoms with E-state index < -0.39 is 0 Å². The first-order valence-electron chi connectivity index (χ1n) is 11.1. The van der Waals surface area contributed by atoms with Crippen molar-refractivity contribution in [3.05, 3.63) is 71.8 Å². The maximum Gasteiger partial charge on any atom is 0.191 e. The molecule has 5 nitrogen and oxygen atoms in total. The minimum absolute atomic E-state index is 0.129. The van der Waals surface area contributed by atoms with Crippen molar-refractivity contribution in [2.75, 3.05) is 33.3 Å². The minimum atomic E-state index is 0.129. The molecule has 3 rings (SSSR count). The number of rotatable bonds is 9. The molecule has 0 aromatic heterocycles. The molecule has 2 aromatic rings. The third-order valence-corrected chi connectivity index (χ3v) is 5.65. The van der Waals surface area contributed by atoms with Crippen molar-refractivity contribution in [3.8, 4) is 0 Å². The molecule has 2 aromatic carbocycles. The lowest BCUT2D eigenvalue weighted by molar-refractivity contribution is 0.0646. The molecule has 0 radical (unpaired) electrons. The number of hydrogen-bond acceptors (Lipinski definition) is 3. The predicted molar refractivity (Wildman–Crippen MR) is 125 cm³/mol. The number of ether oxygens (including phenoxy) is 1. The summed E-state index contributed by atoms with van der Waals surface area (Å²) in [6.07, 6.45) is 3.37. The summed E-state index contributed by atoms with van der Waals surface area (Å²) in [5.41, 5.74) is 2.62. The van der Waals surface area contributed by atoms with Crippen molar-refractivity contribution in [1.82, 2.24) is 15.5 Å². The van der Waals surface area contributed by atoms with Gasteiger partial charge >= 0.3 is 0 Å². The lowest BCUT2D eigenvalue weighted by Crippen LogP contribution is -2.48. The van der Waals surface area contributed by atoms with Crippen LogP contribution in [0.1, 0.15) is 43.4 Å². The molecule has 30 heavy (non-hydrogen) atoms. The first-order valence-corrected chi connectivity index (χ1v) is 11.1. The van der Waals surface area contributed by atoms with Gasteiger partial charge in [-0.05, 0) is 37.3 Å². The highest BCUT2D eigenvalue weighted by Crippen LogP contribution is 2.16. The van der Waals surface area contributed by atoms with Gasteiger partial charge in [-0.3, -0.25) is 9.89 Å². The van der Waals surface area contributed by atoms with Crippen LogP contribution in [0, 0.1) is 0 Å². The molecule has 5 heteroatoms. The summed E-state index contributed by atoms with van der Waals surface area (Å²) in [6, 6.07) is 21.6. The lowest BCUT2D eigenvalue weighted by atomic mass is 10.0. The number of benzene rings is 2. The molecule has 0 bridgehead atoms. The maximum absolute atomic E-state index is 5.95. The molecule has 1 aliphatic heterocycles. The average molecular weight is 409 g/mol. The molecule has 0 spiro atoms. The first kappa shape index (κ1) is 22.3. The van der Waals surface area contributed by atoms with Crippen LogP contribution in [0.15, 0.2) is 65.7 Å². The van der Waals surface area contributed by atoms with Crippen LogP contribution in [0.2, 0.25) is 0 Å². The molecule has 1 heterocycles. The lowest BCUT2D eigenvalue weighted by Gasteiger charge is -2.33. The molecule has 162 valence electrons. The van der Waals surface area contributed by atoms with Crippen molar-refractivity contribution < 1.29 is 4.74 Å². The SMILES string of the molecule is CN=C(NCCCOC(C)c1ccccc1)NC1CCN(Cc2ccccc2)CC1. The van der Waals surface area contributed by atoms with E-state index >= 15 is 0 Å². The van der Waals surface area contributed by atoms with Crippen molar-refractivity contribution in [2.24, 2.45) is 4.99 Å². The average Bonchev–Trinajstić information content (AvgIpc) is 2.80. The Balaban J connectivity index is 1.29. The second kappa shape index (κ2) is 12.4. The van der Waals surface area contributed by atoms with Crippen molar-refractivity contribution >= 4 is 5.96 Å². The normalized spacial score (nSPS) is 16.9. The fourth-order valence-electron chi connectivity index (χ4n) is 3.82. The number of nitrogens with zero attached hydrogens (tertiary/aromatic N) is 2. The van der Waals surface area contributed by atoms with E-state index in [4.69, 9.17) is 4.74 Å². The fraction of sp³-hybridized carbons (Fsp3) is 0.480. The van der Waals surface area contributed by atoms with Gasteiger partial charge in [0.2, 0.25) is 0 Å². The zero-order valence-corrected chi connectivity index (χ0v) is 18.4. The van der Waals surface area contributed by atoms with Gasteiger partial charge in [-0.25, -0.2) is 0 Å². The van der Waals surface area contributed by atoms with Gasteiger partial charge in [-0.15, -0.1) is 0 Å². The second-order valence-electron chi connectivity index (χ2n) is 7.96. The van der Waals surface area contributed by atoms with Crippen LogP contribution in [0.25, 0.3) is 0 Å². The Labute approximate surface area is 181 Å². The van der Waals surface area contributed by atoms with Gasteiger partial charge in [0.05, 0.1) is 6.10 Å². The molecule has 1 atom stereocenters. The highest BCUT2D eigenvalue weighted by atomic mass is 16.5. The number of guanidine groups is 1. The van der Waals surface area contributed by atoms with E-state index in [2.05, 4.69) is 82.0 Å². The largest absolute Gasteiger partial charge is 0.374 e. The zero-order chi connectivity index (χ0) is 21.0. The van der Waals surface area contributed by atoms with Gasteiger partial charge in [0.25, 0.3) is 0 Å². The van der Waals surface area contributed by atoms with E-state index in [-0.39, 0.29) is 6.10 Å². The molecule has 0 saturated carbocycles. The van der Waals surface area contributed by atoms with Crippen molar-refractivity contribution in [1.29, 1.82) is 0 Å². The quantitative estimate of drug-likeness (QED) is 0.374. The van der Waals surface area contributed by atoms with E-state index in [1.165, 1.54) is 11.1 Å². The van der Waals surface area contributed by atoms with Crippen LogP contribution in [0.3, 0.4) is 0 Å². The summed E-state index contributed by atoms with van der Waals surface area (Å²) in [7, 11) is 1.84. The van der Waals surface area contributed by atoms with Gasteiger partial charge in [0.1, 0.15) is 0 Å². The number of hydrogen-bond donors (Lipinski definition) is 2. The Morgan fingerprint density at radius 3 is 2.40 bits per heavy atom. The van der Waals surface area contributed by atoms with Gasteiger partial charge < -0.3 is 15.4 Å². The number of nitrogens with one attached hydrogen (secondary N) is 2. The summed E-state index contributed by atoms with van der Waals surface area (Å²) < 4.78 is 5.95. The van der Waals surface area contributed by atoms with E-state index in [0.717, 1.165) is 58.0 Å². The summed E-state index contributed by atoms with van der Waals surface area (Å²) in [5, 5.41) is 7.01. The molecule has 1 fully saturated rings. The Morgan fingerprint density at radius 1 is 1.07 bits per heavy atom. The molecule has 2 N–H and O–H groups in total. The third-order valence-electron chi connectivity index (χ3n) is 5.65. The van der Waals surface area contributed by atoms with Crippen LogP contribution in [-0.4, -0.2) is 50.2 Å². The monoisotopic (exact) mass is 408 g/mol. The smallest absolute Gasteiger partial charge is 0.191 e. The molecule has 0 aliphatic carbocycles. The Kier molecular flexibility index (Phi) is 9.19. The summed E-state index contributed by atoms with van der Waals surface area (Å²) in [5.74, 6) is 0.896. The Bertz CT molecular complexity index is 742. The molecule has 1 saturated heterocycles. The van der Waals surface area contributed by atoms with Crippen LogP contribution in [0.4, 0.5) is 0 Å². The van der Waals surface area contributed by atoms with Crippen molar-refractivity contribution in [3.63, 3.8) is 0 Å². The third kappa shape index (κ3) is 7.47. The maximum atomic E-state index is 5.95. The molecule has 1 unspecified atom stereocenters. The van der Waals surface area contributed by atoms with Gasteiger partial charge in [0, 0.05) is 45.9 Å². The van der Waals surface area contributed by atoms with E-state index in [1.807, 2.05) is 13.1 Å². The first-order chi connectivity index (χ1) is 14.7. The fourth-order valence-corrected chi connectivity index (χ4v) is 3.82. The van der Waals surface area contributed by atoms with Crippen LogP contribution >= 0.6 is 0 Å². The molecule has 0 amide bonds. The number of aliphatic imine (C=N–C) groups is 1. The summed E-state index contributed by atoms with van der Waals surface area (Å²) in [6.45, 7) is 6.98. The van der Waals surface area contributed by atoms with Crippen LogP contribution in [-0.2, 0) is 11.3 Å². The molecular formula is C25H36N4O. The highest BCUT2D eigenvalue weighted by molar-refractivity contribution is 5.79. The van der Waals surface area contributed by atoms with Crippen LogP contribution < -0.4 is 10.6 Å². The summed E-state index contributed by atoms with van der Waals surface area (Å²) in [4.78, 5) is 6.93. The Hall–Kier alpha value is -2.37. The molecular weight excluding hydrogens is 372 g/mol. The van der Waals surface area contributed by atoms with E-state index in [0.29, 0.717) is 6.04 Å².